The van der Waals surface area contributed by atoms with E-state index in [0.717, 1.165) is 35.4 Å². The number of guanidine groups is 1. The van der Waals surface area contributed by atoms with Crippen molar-refractivity contribution in [2.24, 2.45) is 4.99 Å². The zero-order chi connectivity index (χ0) is 17.5. The molecule has 2 aromatic rings. The van der Waals surface area contributed by atoms with E-state index in [4.69, 9.17) is 4.52 Å². The summed E-state index contributed by atoms with van der Waals surface area (Å²) in [5.74, 6) is 1.36. The summed E-state index contributed by atoms with van der Waals surface area (Å²) in [6.07, 6.45) is 1.63. The molecule has 130 valence electrons. The number of rotatable bonds is 6. The van der Waals surface area contributed by atoms with Crippen molar-refractivity contribution in [1.82, 2.24) is 15.8 Å². The average Bonchev–Trinajstić information content (AvgIpc) is 3.00. The maximum absolute atomic E-state index is 13.6. The van der Waals surface area contributed by atoms with Crippen LogP contribution in [0.15, 0.2) is 27.7 Å². The topological polar surface area (TPSA) is 62.5 Å². The van der Waals surface area contributed by atoms with E-state index in [1.807, 2.05) is 13.0 Å². The van der Waals surface area contributed by atoms with Gasteiger partial charge >= 0.3 is 0 Å². The normalized spacial score (nSPS) is 11.6. The van der Waals surface area contributed by atoms with E-state index in [0.29, 0.717) is 24.6 Å². The van der Waals surface area contributed by atoms with Crippen molar-refractivity contribution < 1.29 is 8.91 Å². The molecule has 24 heavy (non-hydrogen) atoms. The number of aliphatic imine (C=N–C) groups is 1. The van der Waals surface area contributed by atoms with Crippen molar-refractivity contribution in [3.63, 3.8) is 0 Å². The minimum absolute atomic E-state index is 0.193. The van der Waals surface area contributed by atoms with Crippen LogP contribution in [0.25, 0.3) is 0 Å². The van der Waals surface area contributed by atoms with Crippen LogP contribution in [0.4, 0.5) is 4.39 Å². The molecule has 0 unspecified atom stereocenters. The van der Waals surface area contributed by atoms with Crippen LogP contribution in [-0.4, -0.2) is 18.2 Å². The highest BCUT2D eigenvalue weighted by molar-refractivity contribution is 5.79. The fourth-order valence-electron chi connectivity index (χ4n) is 2.46. The lowest BCUT2D eigenvalue weighted by molar-refractivity contribution is 0.380. The van der Waals surface area contributed by atoms with Gasteiger partial charge < -0.3 is 15.2 Å². The van der Waals surface area contributed by atoms with Crippen LogP contribution in [-0.2, 0) is 25.9 Å². The summed E-state index contributed by atoms with van der Waals surface area (Å²) in [5, 5.41) is 10.6. The Kier molecular flexibility index (Phi) is 6.35. The highest BCUT2D eigenvalue weighted by Crippen LogP contribution is 2.15. The second-order valence-electron chi connectivity index (χ2n) is 5.60. The number of halogens is 1. The number of aryl methyl sites for hydroxylation is 3. The Morgan fingerprint density at radius 3 is 2.58 bits per heavy atom. The Hall–Kier alpha value is -2.37. The van der Waals surface area contributed by atoms with Gasteiger partial charge in [0.05, 0.1) is 5.69 Å². The second kappa shape index (κ2) is 8.47. The molecule has 1 heterocycles. The zero-order valence-electron chi connectivity index (χ0n) is 14.7. The van der Waals surface area contributed by atoms with E-state index in [1.54, 1.807) is 26.1 Å². The average molecular weight is 332 g/mol. The lowest BCUT2D eigenvalue weighted by atomic mass is 10.1. The van der Waals surface area contributed by atoms with E-state index < -0.39 is 0 Å². The molecule has 2 rings (SSSR count). The van der Waals surface area contributed by atoms with Crippen LogP contribution in [0, 0.1) is 12.7 Å². The van der Waals surface area contributed by atoms with E-state index >= 15 is 0 Å². The molecule has 0 aliphatic heterocycles. The zero-order valence-corrected chi connectivity index (χ0v) is 14.7. The lowest BCUT2D eigenvalue weighted by Gasteiger charge is -2.12. The van der Waals surface area contributed by atoms with Gasteiger partial charge in [0.25, 0.3) is 0 Å². The third-order valence-electron chi connectivity index (χ3n) is 3.96. The third-order valence-corrected chi connectivity index (χ3v) is 3.96. The largest absolute Gasteiger partial charge is 0.361 e. The lowest BCUT2D eigenvalue weighted by Crippen LogP contribution is -2.36. The molecule has 1 aromatic carbocycles. The first kappa shape index (κ1) is 18.0. The Bertz CT molecular complexity index is 688. The Labute approximate surface area is 142 Å². The molecule has 0 spiro atoms. The molecule has 2 N–H and O–H groups in total. The predicted molar refractivity (Wildman–Crippen MR) is 93.4 cm³/mol. The smallest absolute Gasteiger partial charge is 0.191 e. The van der Waals surface area contributed by atoms with Crippen LogP contribution >= 0.6 is 0 Å². The number of aromatic nitrogens is 1. The van der Waals surface area contributed by atoms with Crippen molar-refractivity contribution in [3.8, 4) is 0 Å². The summed E-state index contributed by atoms with van der Waals surface area (Å²) in [5.41, 5.74) is 3.57. The minimum Gasteiger partial charge on any atom is -0.361 e. The number of nitrogens with zero attached hydrogens (tertiary/aromatic N) is 2. The molecule has 0 atom stereocenters. The second-order valence-corrected chi connectivity index (χ2v) is 5.60. The third kappa shape index (κ3) is 4.34. The van der Waals surface area contributed by atoms with Gasteiger partial charge in [0.15, 0.2) is 5.96 Å². The van der Waals surface area contributed by atoms with Gasteiger partial charge in [0, 0.05) is 32.1 Å². The molecule has 6 heteroatoms. The predicted octanol–water partition coefficient (Wildman–Crippen LogP) is 3.11. The SMILES string of the molecule is CCc1noc(CC)c1CNC(=NC)NCc1ccc(C)c(F)c1. The summed E-state index contributed by atoms with van der Waals surface area (Å²) in [6, 6.07) is 5.23. The van der Waals surface area contributed by atoms with Crippen LogP contribution in [0.1, 0.15) is 42.0 Å². The van der Waals surface area contributed by atoms with E-state index in [-0.39, 0.29) is 5.82 Å². The summed E-state index contributed by atoms with van der Waals surface area (Å²) in [4.78, 5) is 4.20. The van der Waals surface area contributed by atoms with E-state index in [2.05, 4.69) is 27.7 Å². The molecule has 0 saturated heterocycles. The van der Waals surface area contributed by atoms with Crippen molar-refractivity contribution in [1.29, 1.82) is 0 Å². The molecular weight excluding hydrogens is 307 g/mol. The van der Waals surface area contributed by atoms with Crippen LogP contribution < -0.4 is 10.6 Å². The van der Waals surface area contributed by atoms with Gasteiger partial charge in [0.2, 0.25) is 0 Å². The molecule has 0 fully saturated rings. The number of nitrogens with one attached hydrogen (secondary N) is 2. The molecule has 5 nitrogen and oxygen atoms in total. The van der Waals surface area contributed by atoms with E-state index in [9.17, 15) is 4.39 Å². The van der Waals surface area contributed by atoms with Gasteiger partial charge in [0.1, 0.15) is 11.6 Å². The van der Waals surface area contributed by atoms with Gasteiger partial charge in [-0.25, -0.2) is 4.39 Å². The highest BCUT2D eigenvalue weighted by Gasteiger charge is 2.13. The van der Waals surface area contributed by atoms with Gasteiger partial charge in [-0.1, -0.05) is 31.1 Å². The standard InChI is InChI=1S/C18H25FN4O/c1-5-16-14(17(6-2)24-23-16)11-22-18(20-4)21-10-13-8-7-12(3)15(19)9-13/h7-9H,5-6,10-11H2,1-4H3,(H2,20,21,22). The van der Waals surface area contributed by atoms with Gasteiger partial charge in [-0.05, 0) is 30.5 Å². The summed E-state index contributed by atoms with van der Waals surface area (Å²) in [7, 11) is 1.71. The maximum atomic E-state index is 13.6. The molecule has 1 aromatic heterocycles. The number of benzene rings is 1. The first-order valence-corrected chi connectivity index (χ1v) is 8.24. The molecule has 0 saturated carbocycles. The highest BCUT2D eigenvalue weighted by atomic mass is 19.1. The Morgan fingerprint density at radius 2 is 1.96 bits per heavy atom. The quantitative estimate of drug-likeness (QED) is 0.630. The maximum Gasteiger partial charge on any atom is 0.191 e. The van der Waals surface area contributed by atoms with Gasteiger partial charge in [-0.3, -0.25) is 4.99 Å². The Morgan fingerprint density at radius 1 is 1.21 bits per heavy atom. The first-order valence-electron chi connectivity index (χ1n) is 8.24. The van der Waals surface area contributed by atoms with Crippen molar-refractivity contribution in [2.45, 2.75) is 46.7 Å². The number of hydrogen-bond donors (Lipinski definition) is 2. The fourth-order valence-corrected chi connectivity index (χ4v) is 2.46. The van der Waals surface area contributed by atoms with Crippen molar-refractivity contribution in [2.75, 3.05) is 7.05 Å². The van der Waals surface area contributed by atoms with Crippen LogP contribution in [0.2, 0.25) is 0 Å². The summed E-state index contributed by atoms with van der Waals surface area (Å²) < 4.78 is 19.0. The van der Waals surface area contributed by atoms with E-state index in [1.165, 1.54) is 0 Å². The molecule has 0 radical (unpaired) electrons. The molecule has 0 aliphatic rings. The van der Waals surface area contributed by atoms with Crippen LogP contribution in [0.5, 0.6) is 0 Å². The monoisotopic (exact) mass is 332 g/mol. The Balaban J connectivity index is 1.95. The minimum atomic E-state index is -0.193. The molecule has 0 aliphatic carbocycles. The first-order chi connectivity index (χ1) is 11.6. The molecule has 0 bridgehead atoms. The van der Waals surface area contributed by atoms with Crippen LogP contribution in [0.3, 0.4) is 0 Å². The summed E-state index contributed by atoms with van der Waals surface area (Å²) >= 11 is 0. The van der Waals surface area contributed by atoms with Crippen molar-refractivity contribution >= 4 is 5.96 Å². The molecule has 0 amide bonds. The number of hydrogen-bond acceptors (Lipinski definition) is 3. The molecular formula is C18H25FN4O. The fraction of sp³-hybridized carbons (Fsp3) is 0.444. The summed E-state index contributed by atoms with van der Waals surface area (Å²) in [6.45, 7) is 6.95. The van der Waals surface area contributed by atoms with Gasteiger partial charge in [-0.2, -0.15) is 0 Å². The van der Waals surface area contributed by atoms with Gasteiger partial charge in [-0.15, -0.1) is 0 Å². The van der Waals surface area contributed by atoms with Crippen molar-refractivity contribution in [3.05, 3.63) is 52.2 Å².